The van der Waals surface area contributed by atoms with Crippen molar-refractivity contribution in [2.45, 2.75) is 49.2 Å². The van der Waals surface area contributed by atoms with E-state index in [9.17, 15) is 22.7 Å². The summed E-state index contributed by atoms with van der Waals surface area (Å²) in [6.45, 7) is 3.89. The average molecular weight is 314 g/mol. The van der Waals surface area contributed by atoms with Crippen LogP contribution in [0, 0.1) is 11.2 Å². The van der Waals surface area contributed by atoms with E-state index in [1.165, 1.54) is 0 Å². The van der Waals surface area contributed by atoms with E-state index in [4.69, 9.17) is 0 Å². The predicted molar refractivity (Wildman–Crippen MR) is 76.2 cm³/mol. The van der Waals surface area contributed by atoms with Gasteiger partial charge in [-0.1, -0.05) is 26.7 Å². The number of hydrogen-bond acceptors (Lipinski definition) is 3. The molecule has 0 amide bonds. The summed E-state index contributed by atoms with van der Waals surface area (Å²) in [5.41, 5.74) is -0.231. The fourth-order valence-corrected chi connectivity index (χ4v) is 5.37. The molecule has 1 aliphatic carbocycles. The topological polar surface area (TPSA) is 71.4 Å². The van der Waals surface area contributed by atoms with E-state index < -0.39 is 26.4 Å². The highest BCUT2D eigenvalue weighted by atomic mass is 32.2. The van der Waals surface area contributed by atoms with Gasteiger partial charge in [0.15, 0.2) is 14.6 Å². The molecule has 1 N–H and O–H groups in total. The van der Waals surface area contributed by atoms with Crippen molar-refractivity contribution in [2.75, 3.05) is 0 Å². The van der Waals surface area contributed by atoms with E-state index in [0.29, 0.717) is 0 Å². The summed E-state index contributed by atoms with van der Waals surface area (Å²) >= 11 is 0. The molecule has 1 saturated carbocycles. The van der Waals surface area contributed by atoms with E-state index in [0.717, 1.165) is 37.1 Å². The Balaban J connectivity index is 2.45. The molecule has 2 rings (SSSR count). The molecule has 0 bridgehead atoms. The molecule has 21 heavy (non-hydrogen) atoms. The Morgan fingerprint density at radius 2 is 1.67 bits per heavy atom. The molecule has 0 atom stereocenters. The number of rotatable bonds is 5. The largest absolute Gasteiger partial charge is 0.480 e. The van der Waals surface area contributed by atoms with Gasteiger partial charge in [0.05, 0.1) is 4.90 Å². The van der Waals surface area contributed by atoms with Gasteiger partial charge in [0.1, 0.15) is 5.82 Å². The van der Waals surface area contributed by atoms with Crippen LogP contribution in [0.15, 0.2) is 29.2 Å². The first-order chi connectivity index (χ1) is 9.73. The van der Waals surface area contributed by atoms with Crippen LogP contribution < -0.4 is 0 Å². The maximum Gasteiger partial charge on any atom is 0.325 e. The Kier molecular flexibility index (Phi) is 3.86. The Labute approximate surface area is 123 Å². The fourth-order valence-electron chi connectivity index (χ4n) is 3.21. The van der Waals surface area contributed by atoms with Crippen LogP contribution in [-0.2, 0) is 14.6 Å². The summed E-state index contributed by atoms with van der Waals surface area (Å²) in [7, 11) is -4.04. The zero-order valence-electron chi connectivity index (χ0n) is 12.1. The van der Waals surface area contributed by atoms with Crippen LogP contribution >= 0.6 is 0 Å². The number of aliphatic carboxylic acids is 1. The highest BCUT2D eigenvalue weighted by Crippen LogP contribution is 2.58. The molecule has 1 aromatic rings. The predicted octanol–water partition coefficient (Wildman–Crippen LogP) is 3.02. The molecule has 0 unspecified atom stereocenters. The molecule has 0 radical (unpaired) electrons. The fraction of sp³-hybridized carbons (Fsp3) is 0.533. The van der Waals surface area contributed by atoms with Gasteiger partial charge >= 0.3 is 5.97 Å². The second kappa shape index (κ2) is 5.09. The van der Waals surface area contributed by atoms with Crippen LogP contribution in [-0.4, -0.2) is 24.2 Å². The van der Waals surface area contributed by atoms with Crippen molar-refractivity contribution in [3.05, 3.63) is 30.1 Å². The standard InChI is InChI=1S/C15H19FO4S/c1-3-14(4-2)9-15(10-14,13(17)18)21(19,20)12-7-5-11(16)6-8-12/h5-8H,3-4,9-10H2,1-2H3,(H,17,18). The minimum atomic E-state index is -4.04. The van der Waals surface area contributed by atoms with Crippen molar-refractivity contribution in [3.8, 4) is 0 Å². The molecule has 1 fully saturated rings. The minimum absolute atomic E-state index is 0.113. The zero-order chi connectivity index (χ0) is 15.9. The lowest BCUT2D eigenvalue weighted by Gasteiger charge is -2.52. The molecule has 0 aliphatic heterocycles. The Morgan fingerprint density at radius 3 is 2.05 bits per heavy atom. The maximum absolute atomic E-state index is 12.9. The number of hydrogen-bond donors (Lipinski definition) is 1. The smallest absolute Gasteiger partial charge is 0.325 e. The minimum Gasteiger partial charge on any atom is -0.480 e. The number of benzene rings is 1. The molecule has 0 aromatic heterocycles. The highest BCUT2D eigenvalue weighted by molar-refractivity contribution is 7.93. The SMILES string of the molecule is CCC1(CC)CC(C(=O)O)(S(=O)(=O)c2ccc(F)cc2)C1. The van der Waals surface area contributed by atoms with Crippen molar-refractivity contribution in [3.63, 3.8) is 0 Å². The molecule has 0 saturated heterocycles. The van der Waals surface area contributed by atoms with Crippen LogP contribution in [0.1, 0.15) is 39.5 Å². The third-order valence-corrected chi connectivity index (χ3v) is 7.23. The van der Waals surface area contributed by atoms with Crippen molar-refractivity contribution in [1.29, 1.82) is 0 Å². The lowest BCUT2D eigenvalue weighted by Crippen LogP contribution is -2.61. The number of halogens is 1. The molecule has 6 heteroatoms. The quantitative estimate of drug-likeness (QED) is 0.848. The molecule has 4 nitrogen and oxygen atoms in total. The lowest BCUT2D eigenvalue weighted by molar-refractivity contribution is -0.147. The van der Waals surface area contributed by atoms with Gasteiger partial charge in [0, 0.05) is 0 Å². The molecular weight excluding hydrogens is 295 g/mol. The summed E-state index contributed by atoms with van der Waals surface area (Å²) in [6, 6.07) is 4.34. The van der Waals surface area contributed by atoms with E-state index >= 15 is 0 Å². The number of carbonyl (C=O) groups is 1. The third-order valence-electron chi connectivity index (χ3n) is 4.85. The van der Waals surface area contributed by atoms with Gasteiger partial charge in [-0.05, 0) is 42.5 Å². The van der Waals surface area contributed by atoms with Crippen LogP contribution in [0.25, 0.3) is 0 Å². The Hall–Kier alpha value is -1.43. The van der Waals surface area contributed by atoms with Gasteiger partial charge in [0.2, 0.25) is 0 Å². The Bertz CT molecular complexity index is 637. The molecule has 116 valence electrons. The summed E-state index contributed by atoms with van der Waals surface area (Å²) in [6.07, 6.45) is 1.72. The summed E-state index contributed by atoms with van der Waals surface area (Å²) < 4.78 is 36.6. The van der Waals surface area contributed by atoms with Crippen molar-refractivity contribution in [2.24, 2.45) is 5.41 Å². The van der Waals surface area contributed by atoms with Crippen LogP contribution in [0.5, 0.6) is 0 Å². The van der Waals surface area contributed by atoms with Crippen LogP contribution in [0.2, 0.25) is 0 Å². The first-order valence-electron chi connectivity index (χ1n) is 6.97. The first kappa shape index (κ1) is 15.9. The van der Waals surface area contributed by atoms with Crippen molar-refractivity contribution >= 4 is 15.8 Å². The van der Waals surface area contributed by atoms with Gasteiger partial charge in [0.25, 0.3) is 0 Å². The van der Waals surface area contributed by atoms with Crippen LogP contribution in [0.3, 0.4) is 0 Å². The van der Waals surface area contributed by atoms with Gasteiger partial charge in [-0.15, -0.1) is 0 Å². The zero-order valence-corrected chi connectivity index (χ0v) is 12.9. The second-order valence-corrected chi connectivity index (χ2v) is 8.08. The molecule has 0 spiro atoms. The highest BCUT2D eigenvalue weighted by Gasteiger charge is 2.65. The van der Waals surface area contributed by atoms with Gasteiger partial charge in [-0.2, -0.15) is 0 Å². The number of carboxylic acid groups (broad SMARTS) is 1. The maximum atomic E-state index is 12.9. The van der Waals surface area contributed by atoms with Gasteiger partial charge < -0.3 is 5.11 Å². The Morgan fingerprint density at radius 1 is 1.19 bits per heavy atom. The average Bonchev–Trinajstić information content (AvgIpc) is 2.39. The van der Waals surface area contributed by atoms with Crippen molar-refractivity contribution < 1.29 is 22.7 Å². The molecular formula is C15H19FO4S. The summed E-state index contributed by atoms with van der Waals surface area (Å²) in [4.78, 5) is 11.5. The van der Waals surface area contributed by atoms with E-state index in [-0.39, 0.29) is 23.2 Å². The monoisotopic (exact) mass is 314 g/mol. The van der Waals surface area contributed by atoms with E-state index in [1.54, 1.807) is 0 Å². The summed E-state index contributed by atoms with van der Waals surface area (Å²) in [5, 5.41) is 9.51. The van der Waals surface area contributed by atoms with Crippen LogP contribution in [0.4, 0.5) is 4.39 Å². The molecule has 1 aliphatic rings. The van der Waals surface area contributed by atoms with E-state index in [1.807, 2.05) is 13.8 Å². The second-order valence-electron chi connectivity index (χ2n) is 5.82. The summed E-state index contributed by atoms with van der Waals surface area (Å²) in [5.74, 6) is -1.87. The lowest BCUT2D eigenvalue weighted by atomic mass is 9.58. The first-order valence-corrected chi connectivity index (χ1v) is 8.45. The molecule has 0 heterocycles. The van der Waals surface area contributed by atoms with Crippen molar-refractivity contribution in [1.82, 2.24) is 0 Å². The third kappa shape index (κ3) is 2.25. The van der Waals surface area contributed by atoms with E-state index in [2.05, 4.69) is 0 Å². The normalized spacial score (nSPS) is 19.8. The number of carboxylic acids is 1. The van der Waals surface area contributed by atoms with Gasteiger partial charge in [-0.3, -0.25) is 4.79 Å². The number of sulfone groups is 1. The van der Waals surface area contributed by atoms with Gasteiger partial charge in [-0.25, -0.2) is 12.8 Å². The molecule has 1 aromatic carbocycles.